The summed E-state index contributed by atoms with van der Waals surface area (Å²) < 4.78 is 33.5. The Balaban J connectivity index is 2.47. The van der Waals surface area contributed by atoms with Gasteiger partial charge in [0.25, 0.3) is 0 Å². The molecule has 0 amide bonds. The molecule has 0 heterocycles. The number of carbonyl (C=O) groups is 2. The van der Waals surface area contributed by atoms with Gasteiger partial charge in [-0.3, -0.25) is 18.6 Å². The van der Waals surface area contributed by atoms with Crippen LogP contribution in [0.5, 0.6) is 0 Å². The first kappa shape index (κ1) is 58.3. The van der Waals surface area contributed by atoms with Gasteiger partial charge in [-0.25, -0.2) is 4.57 Å². The first-order valence-electron chi connectivity index (χ1n) is 23.7. The number of carbonyl (C=O) groups excluding carboxylic acids is 2. The molecule has 362 valence electrons. The van der Waals surface area contributed by atoms with E-state index in [0.717, 1.165) is 109 Å². The summed E-state index contributed by atoms with van der Waals surface area (Å²) in [6.07, 6.45) is 35.2. The number of phosphoric acid groups is 1. The lowest BCUT2D eigenvalue weighted by molar-refractivity contribution is -0.220. The highest BCUT2D eigenvalue weighted by Crippen LogP contribution is 2.47. The highest BCUT2D eigenvalue weighted by Gasteiger charge is 2.51. The highest BCUT2D eigenvalue weighted by molar-refractivity contribution is 7.47. The minimum Gasteiger partial charge on any atom is -0.462 e. The summed E-state index contributed by atoms with van der Waals surface area (Å²) in [7, 11) is -5.13. The molecule has 8 atom stereocenters. The summed E-state index contributed by atoms with van der Waals surface area (Å²) in [6.45, 7) is 3.13. The maximum atomic E-state index is 12.8. The van der Waals surface area contributed by atoms with Crippen molar-refractivity contribution < 1.29 is 63.1 Å². The molecule has 13 nitrogen and oxygen atoms in total. The number of unbranched alkanes of at least 4 members (excludes halogenated alkanes) is 14. The lowest BCUT2D eigenvalue weighted by atomic mass is 9.85. The van der Waals surface area contributed by atoms with E-state index in [4.69, 9.17) is 18.5 Å². The molecule has 1 rings (SSSR count). The summed E-state index contributed by atoms with van der Waals surface area (Å²) in [6, 6.07) is 0. The number of allylic oxidation sites excluding steroid dienone is 12. The second-order valence-electron chi connectivity index (χ2n) is 16.2. The lowest BCUT2D eigenvalue weighted by Gasteiger charge is -2.41. The molecule has 63 heavy (non-hydrogen) atoms. The number of aliphatic hydroxyl groups is 5. The van der Waals surface area contributed by atoms with Gasteiger partial charge in [0.05, 0.1) is 6.61 Å². The van der Waals surface area contributed by atoms with E-state index >= 15 is 0 Å². The molecule has 1 aliphatic carbocycles. The second kappa shape index (κ2) is 38.5. The van der Waals surface area contributed by atoms with Gasteiger partial charge in [-0.15, -0.1) is 0 Å². The van der Waals surface area contributed by atoms with E-state index in [1.54, 1.807) is 0 Å². The van der Waals surface area contributed by atoms with Crippen LogP contribution in [-0.4, -0.2) is 98.3 Å². The smallest absolute Gasteiger partial charge is 0.462 e. The molecule has 0 aromatic rings. The van der Waals surface area contributed by atoms with Crippen LogP contribution in [0, 0.1) is 0 Å². The Morgan fingerprint density at radius 2 is 0.905 bits per heavy atom. The van der Waals surface area contributed by atoms with E-state index in [-0.39, 0.29) is 12.8 Å². The molecule has 0 bridgehead atoms. The Bertz CT molecular complexity index is 1380. The number of hydrogen-bond donors (Lipinski definition) is 6. The molecular formula is C49H83O13P. The standard InChI is InChI=1S/C49H83O13P/c1-3-5-7-9-11-13-15-17-19-20-21-22-24-26-28-30-32-34-36-38-43(51)61-41(40-60-63(57,58)62-49-47(55)45(53)44(52)46(54)48(49)56)39-59-42(50)37-35-33-31-29-27-25-23-18-16-14-12-10-8-6-4-2/h6,8,11-14,17-19,21-23,41,44-49,52-56H,3-5,7,9-10,15-16,20,24-40H2,1-2H3,(H,57,58)/t41-,44?,45-,46?,47?,48?,49?/m1/s1. The van der Waals surface area contributed by atoms with Crippen LogP contribution in [0.4, 0.5) is 0 Å². The van der Waals surface area contributed by atoms with Crippen molar-refractivity contribution in [2.45, 2.75) is 211 Å². The van der Waals surface area contributed by atoms with Crippen molar-refractivity contribution in [2.24, 2.45) is 0 Å². The summed E-state index contributed by atoms with van der Waals surface area (Å²) in [5, 5.41) is 50.2. The van der Waals surface area contributed by atoms with Gasteiger partial charge in [-0.2, -0.15) is 0 Å². The predicted molar refractivity (Wildman–Crippen MR) is 249 cm³/mol. The number of phosphoric ester groups is 1. The van der Waals surface area contributed by atoms with Gasteiger partial charge >= 0.3 is 19.8 Å². The molecule has 6 unspecified atom stereocenters. The van der Waals surface area contributed by atoms with Gasteiger partial charge in [0.15, 0.2) is 6.10 Å². The van der Waals surface area contributed by atoms with Crippen LogP contribution in [0.15, 0.2) is 72.9 Å². The number of esters is 2. The van der Waals surface area contributed by atoms with Crippen LogP contribution in [0.25, 0.3) is 0 Å². The summed E-state index contributed by atoms with van der Waals surface area (Å²) in [4.78, 5) is 35.7. The summed E-state index contributed by atoms with van der Waals surface area (Å²) >= 11 is 0. The first-order valence-corrected chi connectivity index (χ1v) is 25.2. The summed E-state index contributed by atoms with van der Waals surface area (Å²) in [5.41, 5.74) is 0. The van der Waals surface area contributed by atoms with Crippen molar-refractivity contribution in [3.63, 3.8) is 0 Å². The first-order chi connectivity index (χ1) is 30.4. The Labute approximate surface area is 378 Å². The van der Waals surface area contributed by atoms with E-state index in [1.165, 1.54) is 19.3 Å². The van der Waals surface area contributed by atoms with E-state index < -0.39 is 75.7 Å². The number of ether oxygens (including phenoxy) is 2. The van der Waals surface area contributed by atoms with Gasteiger partial charge < -0.3 is 39.9 Å². The Morgan fingerprint density at radius 3 is 1.38 bits per heavy atom. The number of hydrogen-bond acceptors (Lipinski definition) is 12. The van der Waals surface area contributed by atoms with Gasteiger partial charge in [0.1, 0.15) is 43.2 Å². The zero-order chi connectivity index (χ0) is 46.4. The number of rotatable bonds is 38. The molecule has 14 heteroatoms. The van der Waals surface area contributed by atoms with E-state index in [0.29, 0.717) is 12.8 Å². The Hall–Kier alpha value is -2.71. The minimum atomic E-state index is -5.13. The number of aliphatic hydroxyl groups excluding tert-OH is 5. The van der Waals surface area contributed by atoms with E-state index in [9.17, 15) is 44.6 Å². The van der Waals surface area contributed by atoms with Crippen LogP contribution in [0.1, 0.15) is 168 Å². The van der Waals surface area contributed by atoms with Gasteiger partial charge in [0.2, 0.25) is 0 Å². The van der Waals surface area contributed by atoms with Crippen LogP contribution < -0.4 is 0 Å². The Morgan fingerprint density at radius 1 is 0.508 bits per heavy atom. The maximum Gasteiger partial charge on any atom is 0.472 e. The third-order valence-corrected chi connectivity index (χ3v) is 11.5. The maximum absolute atomic E-state index is 12.8. The molecule has 1 aliphatic rings. The lowest BCUT2D eigenvalue weighted by Crippen LogP contribution is -2.64. The molecule has 0 aromatic heterocycles. The van der Waals surface area contributed by atoms with Crippen molar-refractivity contribution in [2.75, 3.05) is 13.2 Å². The molecular weight excluding hydrogens is 827 g/mol. The molecule has 0 aromatic carbocycles. The molecule has 0 aliphatic heterocycles. The van der Waals surface area contributed by atoms with Crippen LogP contribution in [0.2, 0.25) is 0 Å². The molecule has 0 spiro atoms. The molecule has 1 saturated carbocycles. The van der Waals surface area contributed by atoms with Crippen LogP contribution in [0.3, 0.4) is 0 Å². The van der Waals surface area contributed by atoms with Crippen LogP contribution >= 0.6 is 7.82 Å². The fourth-order valence-electron chi connectivity index (χ4n) is 6.72. The van der Waals surface area contributed by atoms with Crippen molar-refractivity contribution in [3.8, 4) is 0 Å². The second-order valence-corrected chi connectivity index (χ2v) is 17.6. The van der Waals surface area contributed by atoms with Crippen molar-refractivity contribution in [1.82, 2.24) is 0 Å². The average molecular weight is 911 g/mol. The average Bonchev–Trinajstić information content (AvgIpc) is 3.26. The third kappa shape index (κ3) is 31.0. The fourth-order valence-corrected chi connectivity index (χ4v) is 7.69. The SMILES string of the molecule is CCC=CCC=CCC=CCCCCCCCC(=O)OC[C@H](COP(=O)(O)OC1C(O)C(O)C(O)[C@@H](O)C1O)OC(=O)CCCCCCCCC=CCC=CCC=CCCCCC. The van der Waals surface area contributed by atoms with E-state index in [1.807, 2.05) is 0 Å². The van der Waals surface area contributed by atoms with Gasteiger partial charge in [-0.1, -0.05) is 145 Å². The van der Waals surface area contributed by atoms with E-state index in [2.05, 4.69) is 86.8 Å². The summed E-state index contributed by atoms with van der Waals surface area (Å²) in [5.74, 6) is -1.14. The van der Waals surface area contributed by atoms with Crippen molar-refractivity contribution in [1.29, 1.82) is 0 Å². The Kier molecular flexibility index (Phi) is 35.7. The van der Waals surface area contributed by atoms with Crippen LogP contribution in [-0.2, 0) is 32.7 Å². The minimum absolute atomic E-state index is 0.0744. The topological polar surface area (TPSA) is 210 Å². The predicted octanol–water partition coefficient (Wildman–Crippen LogP) is 9.50. The van der Waals surface area contributed by atoms with Gasteiger partial charge in [-0.05, 0) is 83.5 Å². The monoisotopic (exact) mass is 911 g/mol. The zero-order valence-electron chi connectivity index (χ0n) is 38.3. The van der Waals surface area contributed by atoms with Crippen molar-refractivity contribution >= 4 is 19.8 Å². The molecule has 1 fully saturated rings. The molecule has 6 N–H and O–H groups in total. The quantitative estimate of drug-likeness (QED) is 0.0148. The molecule has 0 saturated heterocycles. The van der Waals surface area contributed by atoms with Gasteiger partial charge in [0, 0.05) is 12.8 Å². The largest absolute Gasteiger partial charge is 0.472 e. The normalized spacial score (nSPS) is 22.3. The zero-order valence-corrected chi connectivity index (χ0v) is 39.2. The highest BCUT2D eigenvalue weighted by atomic mass is 31.2. The fraction of sp³-hybridized carbons (Fsp3) is 0.714. The molecule has 0 radical (unpaired) electrons. The van der Waals surface area contributed by atoms with Crippen molar-refractivity contribution in [3.05, 3.63) is 72.9 Å². The third-order valence-electron chi connectivity index (χ3n) is 10.5.